The van der Waals surface area contributed by atoms with Gasteiger partial charge in [0.15, 0.2) is 0 Å². The summed E-state index contributed by atoms with van der Waals surface area (Å²) in [5.41, 5.74) is 10.3. The number of anilines is 3. The van der Waals surface area contributed by atoms with Crippen LogP contribution >= 0.6 is 0 Å². The van der Waals surface area contributed by atoms with Crippen molar-refractivity contribution < 1.29 is 14.7 Å². The number of aliphatic hydroxyl groups is 1. The van der Waals surface area contributed by atoms with Crippen molar-refractivity contribution in [3.63, 3.8) is 0 Å². The van der Waals surface area contributed by atoms with Crippen molar-refractivity contribution in [2.24, 2.45) is 7.05 Å². The molecule has 2 heterocycles. The van der Waals surface area contributed by atoms with Crippen LogP contribution in [0.5, 0.6) is 0 Å². The molecule has 1 atom stereocenters. The van der Waals surface area contributed by atoms with Gasteiger partial charge in [0.1, 0.15) is 11.2 Å². The molecule has 0 spiro atoms. The minimum atomic E-state index is -0.644. The van der Waals surface area contributed by atoms with Crippen molar-refractivity contribution >= 4 is 39.8 Å². The van der Waals surface area contributed by atoms with Gasteiger partial charge >= 0.3 is 0 Å². The molecule has 0 radical (unpaired) electrons. The smallest absolute Gasteiger partial charge is 0.274 e. The van der Waals surface area contributed by atoms with E-state index in [1.54, 1.807) is 74.8 Å². The van der Waals surface area contributed by atoms with E-state index < -0.39 is 12.0 Å². The number of nitrogens with one attached hydrogen (secondary N) is 3. The Labute approximate surface area is 223 Å². The van der Waals surface area contributed by atoms with E-state index in [-0.39, 0.29) is 17.2 Å². The summed E-state index contributed by atoms with van der Waals surface area (Å²) >= 11 is 0. The number of benzene rings is 3. The van der Waals surface area contributed by atoms with E-state index in [9.17, 15) is 19.5 Å². The van der Waals surface area contributed by atoms with Gasteiger partial charge in [0, 0.05) is 35.4 Å². The number of hydrogen-bond acceptors (Lipinski definition) is 5. The second kappa shape index (κ2) is 10.3. The summed E-state index contributed by atoms with van der Waals surface area (Å²) in [4.78, 5) is 41.5. The van der Waals surface area contributed by atoms with E-state index in [0.29, 0.717) is 33.5 Å². The first-order valence-corrected chi connectivity index (χ1v) is 12.3. The van der Waals surface area contributed by atoms with Crippen molar-refractivity contribution in [2.75, 3.05) is 16.4 Å². The molecular formula is C30H27N5O4. The molecule has 3 aromatic carbocycles. The monoisotopic (exact) mass is 521 g/mol. The summed E-state index contributed by atoms with van der Waals surface area (Å²) in [7, 11) is 1.65. The molecule has 0 fully saturated rings. The van der Waals surface area contributed by atoms with Crippen LogP contribution < -0.4 is 21.9 Å². The van der Waals surface area contributed by atoms with Gasteiger partial charge in [0.25, 0.3) is 17.4 Å². The van der Waals surface area contributed by atoms with Crippen LogP contribution in [-0.2, 0) is 7.05 Å². The molecule has 5 rings (SSSR count). The van der Waals surface area contributed by atoms with Crippen molar-refractivity contribution in [2.45, 2.75) is 13.0 Å². The summed E-state index contributed by atoms with van der Waals surface area (Å²) in [5, 5.41) is 16.2. The number of aromatic amines is 1. The quantitative estimate of drug-likeness (QED) is 0.206. The number of aliphatic hydroxyl groups excluding tert-OH is 1. The summed E-state index contributed by atoms with van der Waals surface area (Å²) in [5.74, 6) is -0.768. The highest BCUT2D eigenvalue weighted by molar-refractivity contribution is 6.09. The van der Waals surface area contributed by atoms with Gasteiger partial charge in [-0.1, -0.05) is 30.3 Å². The maximum Gasteiger partial charge on any atom is 0.274 e. The van der Waals surface area contributed by atoms with E-state index in [2.05, 4.69) is 15.6 Å². The third kappa shape index (κ3) is 5.16. The second-order valence-corrected chi connectivity index (χ2v) is 9.30. The molecule has 0 saturated carbocycles. The maximum atomic E-state index is 13.1. The number of nitrogens with two attached hydrogens (primary N) is 1. The molecular weight excluding hydrogens is 494 g/mol. The fourth-order valence-corrected chi connectivity index (χ4v) is 4.36. The van der Waals surface area contributed by atoms with E-state index in [4.69, 9.17) is 5.73 Å². The SMILES string of the molecule is CC(O)c1cccc(-c2cn(C)c(=O)c3[nH]c(C(=O)Nc4ccc(C(=O)Nc5ccccc5N)cc4)cc23)c1. The summed E-state index contributed by atoms with van der Waals surface area (Å²) in [6.07, 6.45) is 1.07. The molecule has 2 aromatic heterocycles. The molecule has 9 nitrogen and oxygen atoms in total. The van der Waals surface area contributed by atoms with Crippen LogP contribution in [-0.4, -0.2) is 26.5 Å². The zero-order chi connectivity index (χ0) is 27.7. The van der Waals surface area contributed by atoms with Gasteiger partial charge in [-0.2, -0.15) is 0 Å². The number of pyridine rings is 1. The number of nitrogens with zero attached hydrogens (tertiary/aromatic N) is 1. The number of carbonyl (C=O) groups is 2. The lowest BCUT2D eigenvalue weighted by Crippen LogP contribution is -2.17. The summed E-state index contributed by atoms with van der Waals surface area (Å²) < 4.78 is 1.46. The van der Waals surface area contributed by atoms with Gasteiger partial charge in [0.05, 0.1) is 17.5 Å². The topological polar surface area (TPSA) is 142 Å². The lowest BCUT2D eigenvalue weighted by atomic mass is 10.00. The lowest BCUT2D eigenvalue weighted by Gasteiger charge is -2.10. The van der Waals surface area contributed by atoms with Crippen molar-refractivity contribution in [3.8, 4) is 11.1 Å². The summed E-state index contributed by atoms with van der Waals surface area (Å²) in [6, 6.07) is 22.5. The van der Waals surface area contributed by atoms with Crippen LogP contribution in [0.4, 0.5) is 17.1 Å². The minimum absolute atomic E-state index is 0.211. The molecule has 0 bridgehead atoms. The Bertz CT molecular complexity index is 1770. The minimum Gasteiger partial charge on any atom is -0.397 e. The van der Waals surface area contributed by atoms with Crippen LogP contribution in [0, 0.1) is 0 Å². The van der Waals surface area contributed by atoms with Gasteiger partial charge in [-0.25, -0.2) is 0 Å². The Morgan fingerprint density at radius 1 is 0.949 bits per heavy atom. The van der Waals surface area contributed by atoms with Gasteiger partial charge in [-0.15, -0.1) is 0 Å². The number of para-hydroxylation sites is 2. The summed E-state index contributed by atoms with van der Waals surface area (Å²) in [6.45, 7) is 1.69. The lowest BCUT2D eigenvalue weighted by molar-refractivity contribution is 0.101. The molecule has 196 valence electrons. The highest BCUT2D eigenvalue weighted by atomic mass is 16.3. The highest BCUT2D eigenvalue weighted by Gasteiger charge is 2.17. The third-order valence-electron chi connectivity index (χ3n) is 6.50. The van der Waals surface area contributed by atoms with Crippen molar-refractivity contribution in [1.29, 1.82) is 0 Å². The van der Waals surface area contributed by atoms with E-state index in [1.807, 2.05) is 24.3 Å². The number of carbonyl (C=O) groups excluding carboxylic acids is 2. The largest absolute Gasteiger partial charge is 0.397 e. The number of aryl methyl sites for hydroxylation is 1. The molecule has 2 amide bonds. The average molecular weight is 522 g/mol. The third-order valence-corrected chi connectivity index (χ3v) is 6.50. The fourth-order valence-electron chi connectivity index (χ4n) is 4.36. The Hall–Kier alpha value is -5.15. The zero-order valence-electron chi connectivity index (χ0n) is 21.4. The second-order valence-electron chi connectivity index (χ2n) is 9.30. The number of hydrogen-bond donors (Lipinski definition) is 5. The molecule has 5 aromatic rings. The zero-order valence-corrected chi connectivity index (χ0v) is 21.4. The Morgan fingerprint density at radius 2 is 1.69 bits per heavy atom. The predicted molar refractivity (Wildman–Crippen MR) is 153 cm³/mol. The first-order valence-electron chi connectivity index (χ1n) is 12.3. The van der Waals surface area contributed by atoms with Crippen LogP contribution in [0.15, 0.2) is 89.9 Å². The molecule has 0 saturated heterocycles. The molecule has 39 heavy (non-hydrogen) atoms. The number of aromatic nitrogens is 2. The van der Waals surface area contributed by atoms with E-state index >= 15 is 0 Å². The van der Waals surface area contributed by atoms with Crippen molar-refractivity contribution in [1.82, 2.24) is 9.55 Å². The Balaban J connectivity index is 1.39. The Kier molecular flexibility index (Phi) is 6.74. The molecule has 0 aliphatic rings. The number of fused-ring (bicyclic) bond motifs is 1. The van der Waals surface area contributed by atoms with Crippen LogP contribution in [0.1, 0.15) is 39.4 Å². The number of amides is 2. The van der Waals surface area contributed by atoms with Crippen LogP contribution in [0.3, 0.4) is 0 Å². The molecule has 1 unspecified atom stereocenters. The molecule has 6 N–H and O–H groups in total. The normalized spacial score (nSPS) is 11.8. The molecule has 0 aliphatic heterocycles. The first-order chi connectivity index (χ1) is 18.7. The van der Waals surface area contributed by atoms with E-state index in [0.717, 1.165) is 16.7 Å². The fraction of sp³-hybridized carbons (Fsp3) is 0.100. The van der Waals surface area contributed by atoms with Crippen LogP contribution in [0.25, 0.3) is 22.0 Å². The first kappa shape index (κ1) is 25.5. The predicted octanol–water partition coefficient (Wildman–Crippen LogP) is 4.67. The Morgan fingerprint density at radius 3 is 2.41 bits per heavy atom. The van der Waals surface area contributed by atoms with Crippen LogP contribution in [0.2, 0.25) is 0 Å². The van der Waals surface area contributed by atoms with Gasteiger partial charge in [-0.05, 0) is 66.6 Å². The average Bonchev–Trinajstić information content (AvgIpc) is 3.38. The highest BCUT2D eigenvalue weighted by Crippen LogP contribution is 2.29. The number of rotatable bonds is 6. The van der Waals surface area contributed by atoms with Crippen molar-refractivity contribution in [3.05, 3.63) is 112 Å². The van der Waals surface area contributed by atoms with Gasteiger partial charge < -0.3 is 31.0 Å². The molecule has 0 aliphatic carbocycles. The van der Waals surface area contributed by atoms with Gasteiger partial charge in [0.2, 0.25) is 0 Å². The van der Waals surface area contributed by atoms with E-state index in [1.165, 1.54) is 4.57 Å². The molecule has 9 heteroatoms. The standard InChI is InChI=1S/C30H27N5O4/c1-17(36)19-6-5-7-20(14-19)23-16-35(2)30(39)27-22(23)15-26(33-27)29(38)32-21-12-10-18(11-13-21)28(37)34-25-9-4-3-8-24(25)31/h3-17,33,36H,31H2,1-2H3,(H,32,38)(H,34,37). The number of nitrogen functional groups attached to an aromatic ring is 1. The van der Waals surface area contributed by atoms with Gasteiger partial charge in [-0.3, -0.25) is 14.4 Å². The maximum absolute atomic E-state index is 13.1. The number of H-pyrrole nitrogens is 1.